The zero-order valence-corrected chi connectivity index (χ0v) is 11.7. The fraction of sp³-hybridized carbons (Fsp3) is 0.385. The van der Waals surface area contributed by atoms with E-state index < -0.39 is 36.5 Å². The second kappa shape index (κ2) is 7.83. The fourth-order valence-corrected chi connectivity index (χ4v) is 1.55. The largest absolute Gasteiger partial charge is 0.480 e. The highest BCUT2D eigenvalue weighted by Crippen LogP contribution is 2.07. The Morgan fingerprint density at radius 3 is 2.57 bits per heavy atom. The molecule has 114 valence electrons. The van der Waals surface area contributed by atoms with E-state index >= 15 is 0 Å². The Morgan fingerprint density at radius 2 is 2.05 bits per heavy atom. The van der Waals surface area contributed by atoms with E-state index in [4.69, 9.17) is 5.11 Å². The van der Waals surface area contributed by atoms with Crippen molar-refractivity contribution in [1.82, 2.24) is 15.6 Å². The number of aromatic nitrogens is 1. The number of esters is 1. The van der Waals surface area contributed by atoms with Crippen LogP contribution in [0.2, 0.25) is 0 Å². The first kappa shape index (κ1) is 16.4. The van der Waals surface area contributed by atoms with Crippen molar-refractivity contribution >= 4 is 18.0 Å². The quantitative estimate of drug-likeness (QED) is 0.656. The summed E-state index contributed by atoms with van der Waals surface area (Å²) in [5, 5.41) is 13.7. The van der Waals surface area contributed by atoms with Crippen LogP contribution in [-0.2, 0) is 14.3 Å². The highest BCUT2D eigenvalue weighted by Gasteiger charge is 2.24. The van der Waals surface area contributed by atoms with Gasteiger partial charge in [0.05, 0.1) is 25.3 Å². The van der Waals surface area contributed by atoms with Crippen molar-refractivity contribution in [2.45, 2.75) is 25.4 Å². The van der Waals surface area contributed by atoms with E-state index in [0.29, 0.717) is 5.69 Å². The zero-order valence-electron chi connectivity index (χ0n) is 11.7. The predicted octanol–water partition coefficient (Wildman–Crippen LogP) is 0.458. The summed E-state index contributed by atoms with van der Waals surface area (Å²) in [5.41, 5.74) is 0.632. The molecular weight excluding hydrogens is 278 g/mol. The first-order valence-electron chi connectivity index (χ1n) is 6.21. The fourth-order valence-electron chi connectivity index (χ4n) is 1.55. The average molecular weight is 295 g/mol. The number of rotatable bonds is 6. The number of carbonyl (C=O) groups excluding carboxylic acids is 2. The maximum Gasteiger partial charge on any atom is 0.326 e. The molecule has 0 aromatic carbocycles. The molecule has 0 bridgehead atoms. The third-order valence-corrected chi connectivity index (χ3v) is 2.68. The molecule has 0 saturated heterocycles. The van der Waals surface area contributed by atoms with Gasteiger partial charge in [-0.05, 0) is 19.1 Å². The Balaban J connectivity index is 2.58. The van der Waals surface area contributed by atoms with Crippen molar-refractivity contribution in [1.29, 1.82) is 0 Å². The van der Waals surface area contributed by atoms with Crippen LogP contribution < -0.4 is 10.6 Å². The molecule has 0 radical (unpaired) electrons. The smallest absolute Gasteiger partial charge is 0.326 e. The molecule has 0 fully saturated rings. The number of hydrogen-bond acceptors (Lipinski definition) is 5. The molecule has 21 heavy (non-hydrogen) atoms. The number of aliphatic carboxylic acids is 1. The summed E-state index contributed by atoms with van der Waals surface area (Å²) >= 11 is 0. The number of nitrogens with zero attached hydrogens (tertiary/aromatic N) is 1. The Hall–Kier alpha value is -2.64. The lowest BCUT2D eigenvalue weighted by atomic mass is 10.2. The summed E-state index contributed by atoms with van der Waals surface area (Å²) in [7, 11) is 1.14. The second-order valence-corrected chi connectivity index (χ2v) is 4.27. The van der Waals surface area contributed by atoms with Crippen molar-refractivity contribution < 1.29 is 24.2 Å². The molecule has 2 amide bonds. The zero-order chi connectivity index (χ0) is 15.8. The van der Waals surface area contributed by atoms with E-state index in [1.807, 2.05) is 0 Å². The third-order valence-electron chi connectivity index (χ3n) is 2.68. The number of amides is 2. The maximum atomic E-state index is 11.7. The molecule has 8 heteroatoms. The number of carboxylic acid groups (broad SMARTS) is 1. The summed E-state index contributed by atoms with van der Waals surface area (Å²) < 4.78 is 4.38. The summed E-state index contributed by atoms with van der Waals surface area (Å²) in [6.07, 6.45) is 1.14. The van der Waals surface area contributed by atoms with Gasteiger partial charge in [0.25, 0.3) is 0 Å². The minimum Gasteiger partial charge on any atom is -0.480 e. The Bertz CT molecular complexity index is 506. The number of hydrogen-bond donors (Lipinski definition) is 3. The summed E-state index contributed by atoms with van der Waals surface area (Å²) in [5.74, 6) is -2.04. The lowest BCUT2D eigenvalue weighted by molar-refractivity contribution is -0.147. The van der Waals surface area contributed by atoms with Crippen LogP contribution in [0.15, 0.2) is 24.4 Å². The molecule has 8 nitrogen and oxygen atoms in total. The third kappa shape index (κ3) is 5.47. The van der Waals surface area contributed by atoms with Gasteiger partial charge in [0.1, 0.15) is 6.04 Å². The van der Waals surface area contributed by atoms with Gasteiger partial charge in [-0.2, -0.15) is 0 Å². The molecule has 2 atom stereocenters. The highest BCUT2D eigenvalue weighted by molar-refractivity contribution is 5.86. The van der Waals surface area contributed by atoms with Crippen LogP contribution in [0.1, 0.15) is 25.1 Å². The van der Waals surface area contributed by atoms with Crippen LogP contribution >= 0.6 is 0 Å². The highest BCUT2D eigenvalue weighted by atomic mass is 16.5. The van der Waals surface area contributed by atoms with Crippen molar-refractivity contribution in [2.75, 3.05) is 7.11 Å². The van der Waals surface area contributed by atoms with Gasteiger partial charge in [-0.1, -0.05) is 6.07 Å². The van der Waals surface area contributed by atoms with Crippen LogP contribution in [0.4, 0.5) is 4.79 Å². The average Bonchev–Trinajstić information content (AvgIpc) is 2.47. The molecule has 1 heterocycles. The Morgan fingerprint density at radius 1 is 1.33 bits per heavy atom. The van der Waals surface area contributed by atoms with Crippen LogP contribution in [0.3, 0.4) is 0 Å². The molecular formula is C13H17N3O5. The number of nitrogens with one attached hydrogen (secondary N) is 2. The molecule has 0 aliphatic rings. The number of pyridine rings is 1. The van der Waals surface area contributed by atoms with E-state index in [2.05, 4.69) is 20.4 Å². The van der Waals surface area contributed by atoms with Gasteiger partial charge in [0.2, 0.25) is 0 Å². The SMILES string of the molecule is COC(=O)C[C@H](NC(=O)NC(C)c1ccccn1)C(=O)O. The minimum atomic E-state index is -1.35. The first-order chi connectivity index (χ1) is 9.93. The molecule has 0 aliphatic carbocycles. The predicted molar refractivity (Wildman–Crippen MR) is 72.4 cm³/mol. The number of methoxy groups -OCH3 is 1. The van der Waals surface area contributed by atoms with Gasteiger partial charge in [0, 0.05) is 6.20 Å². The summed E-state index contributed by atoms with van der Waals surface area (Å²) in [6, 6.07) is 2.79. The minimum absolute atomic E-state index is 0.404. The van der Waals surface area contributed by atoms with Crippen LogP contribution in [0.25, 0.3) is 0 Å². The van der Waals surface area contributed by atoms with Crippen molar-refractivity contribution in [2.24, 2.45) is 0 Å². The van der Waals surface area contributed by atoms with E-state index in [1.165, 1.54) is 0 Å². The lowest BCUT2D eigenvalue weighted by Gasteiger charge is -2.17. The van der Waals surface area contributed by atoms with Crippen LogP contribution in [-0.4, -0.2) is 41.2 Å². The molecule has 1 aromatic rings. The van der Waals surface area contributed by atoms with E-state index in [1.54, 1.807) is 31.3 Å². The van der Waals surface area contributed by atoms with Gasteiger partial charge < -0.3 is 20.5 Å². The number of carboxylic acids is 1. The standard InChI is InChI=1S/C13H17N3O5/c1-8(9-5-3-4-6-14-9)15-13(20)16-10(12(18)19)7-11(17)21-2/h3-6,8,10H,7H2,1-2H3,(H,18,19)(H2,15,16,20)/t8?,10-/m0/s1. The number of ether oxygens (including phenoxy) is 1. The van der Waals surface area contributed by atoms with E-state index in [0.717, 1.165) is 7.11 Å². The van der Waals surface area contributed by atoms with Crippen molar-refractivity contribution in [3.8, 4) is 0 Å². The van der Waals surface area contributed by atoms with Gasteiger partial charge in [0.15, 0.2) is 0 Å². The van der Waals surface area contributed by atoms with E-state index in [-0.39, 0.29) is 0 Å². The lowest BCUT2D eigenvalue weighted by Crippen LogP contribution is -2.47. The Kier molecular flexibility index (Phi) is 6.12. The van der Waals surface area contributed by atoms with Crippen molar-refractivity contribution in [3.63, 3.8) is 0 Å². The van der Waals surface area contributed by atoms with Gasteiger partial charge in [-0.3, -0.25) is 9.78 Å². The summed E-state index contributed by atoms with van der Waals surface area (Å²) in [4.78, 5) is 37.9. The molecule has 3 N–H and O–H groups in total. The van der Waals surface area contributed by atoms with Crippen molar-refractivity contribution in [3.05, 3.63) is 30.1 Å². The van der Waals surface area contributed by atoms with Gasteiger partial charge in [-0.15, -0.1) is 0 Å². The summed E-state index contributed by atoms with van der Waals surface area (Å²) in [6.45, 7) is 1.71. The van der Waals surface area contributed by atoms with Crippen LogP contribution in [0.5, 0.6) is 0 Å². The monoisotopic (exact) mass is 295 g/mol. The molecule has 1 aromatic heterocycles. The molecule has 0 spiro atoms. The molecule has 0 aliphatic heterocycles. The molecule has 1 rings (SSSR count). The molecule has 1 unspecified atom stereocenters. The topological polar surface area (TPSA) is 118 Å². The maximum absolute atomic E-state index is 11.7. The normalized spacial score (nSPS) is 12.9. The second-order valence-electron chi connectivity index (χ2n) is 4.27. The van der Waals surface area contributed by atoms with E-state index in [9.17, 15) is 14.4 Å². The number of carbonyl (C=O) groups is 3. The number of urea groups is 1. The first-order valence-corrected chi connectivity index (χ1v) is 6.21. The molecule has 0 saturated carbocycles. The Labute approximate surface area is 121 Å². The van der Waals surface area contributed by atoms with Crippen LogP contribution in [0, 0.1) is 0 Å². The van der Waals surface area contributed by atoms with Gasteiger partial charge >= 0.3 is 18.0 Å². The van der Waals surface area contributed by atoms with Gasteiger partial charge in [-0.25, -0.2) is 9.59 Å².